The zero-order valence-electron chi connectivity index (χ0n) is 10.4. The first-order valence-corrected chi connectivity index (χ1v) is 6.27. The van der Waals surface area contributed by atoms with E-state index in [-0.39, 0.29) is 0 Å². The van der Waals surface area contributed by atoms with Crippen molar-refractivity contribution in [3.63, 3.8) is 0 Å². The van der Waals surface area contributed by atoms with Crippen molar-refractivity contribution >= 4 is 28.8 Å². The number of carbonyl (C=O) groups excluding carboxylic acids is 1. The Balaban J connectivity index is 2.12. The minimum atomic E-state index is 0.617. The van der Waals surface area contributed by atoms with Gasteiger partial charge in [-0.1, -0.05) is 17.7 Å². The predicted octanol–water partition coefficient (Wildman–Crippen LogP) is 2.89. The maximum atomic E-state index is 11.1. The highest BCUT2D eigenvalue weighted by atomic mass is 35.5. The van der Waals surface area contributed by atoms with Crippen LogP contribution in [0.5, 0.6) is 0 Å². The highest BCUT2D eigenvalue weighted by molar-refractivity contribution is 6.31. The number of hydrogen-bond donors (Lipinski definition) is 0. The molecule has 0 atom stereocenters. The number of rotatable bonds is 3. The van der Waals surface area contributed by atoms with Crippen molar-refractivity contribution in [3.05, 3.63) is 52.9 Å². The number of fused-ring (bicyclic) bond motifs is 1. The van der Waals surface area contributed by atoms with Gasteiger partial charge >= 0.3 is 0 Å². The third-order valence-electron chi connectivity index (χ3n) is 3.10. The molecule has 0 bridgehead atoms. The van der Waals surface area contributed by atoms with Crippen LogP contribution in [0.2, 0.25) is 5.02 Å². The lowest BCUT2D eigenvalue weighted by Crippen LogP contribution is -2.00. The van der Waals surface area contributed by atoms with Crippen molar-refractivity contribution in [2.75, 3.05) is 0 Å². The maximum absolute atomic E-state index is 11.1. The second-order valence-corrected chi connectivity index (χ2v) is 4.91. The molecule has 5 heteroatoms. The molecule has 0 unspecified atom stereocenters. The fourth-order valence-electron chi connectivity index (χ4n) is 2.24. The van der Waals surface area contributed by atoms with E-state index in [1.807, 2.05) is 42.2 Å². The normalized spacial score (nSPS) is 11.1. The van der Waals surface area contributed by atoms with E-state index in [9.17, 15) is 4.79 Å². The number of carbonyl (C=O) groups is 1. The Kier molecular flexibility index (Phi) is 2.87. The predicted molar refractivity (Wildman–Crippen MR) is 74.6 cm³/mol. The Hall–Kier alpha value is -2.07. The molecular weight excluding hydrogens is 262 g/mol. The van der Waals surface area contributed by atoms with Crippen molar-refractivity contribution in [3.8, 4) is 0 Å². The van der Waals surface area contributed by atoms with Gasteiger partial charge in [-0.15, -0.1) is 0 Å². The molecule has 0 fully saturated rings. The van der Waals surface area contributed by atoms with Gasteiger partial charge in [-0.2, -0.15) is 5.10 Å². The molecule has 0 saturated carbocycles. The van der Waals surface area contributed by atoms with E-state index < -0.39 is 0 Å². The Morgan fingerprint density at radius 3 is 2.89 bits per heavy atom. The van der Waals surface area contributed by atoms with Crippen molar-refractivity contribution in [1.82, 2.24) is 14.3 Å². The second-order valence-electron chi connectivity index (χ2n) is 4.47. The molecule has 3 rings (SSSR count). The SMILES string of the molecule is Cn1ccc(Cn2cc(C=O)c3ccc(Cl)cc32)n1. The molecule has 0 amide bonds. The molecule has 2 aromatic heterocycles. The Bertz CT molecular complexity index is 757. The quantitative estimate of drug-likeness (QED) is 0.689. The van der Waals surface area contributed by atoms with Crippen LogP contribution in [-0.4, -0.2) is 20.6 Å². The van der Waals surface area contributed by atoms with E-state index in [0.29, 0.717) is 17.1 Å². The van der Waals surface area contributed by atoms with E-state index in [1.54, 1.807) is 10.7 Å². The third-order valence-corrected chi connectivity index (χ3v) is 3.34. The molecule has 0 aliphatic heterocycles. The van der Waals surface area contributed by atoms with Crippen LogP contribution in [0, 0.1) is 0 Å². The number of nitrogens with zero attached hydrogens (tertiary/aromatic N) is 3. The summed E-state index contributed by atoms with van der Waals surface area (Å²) in [4.78, 5) is 11.1. The smallest absolute Gasteiger partial charge is 0.152 e. The number of halogens is 1. The lowest BCUT2D eigenvalue weighted by molar-refractivity contribution is 0.112. The van der Waals surface area contributed by atoms with Crippen LogP contribution in [0.4, 0.5) is 0 Å². The Morgan fingerprint density at radius 1 is 1.37 bits per heavy atom. The van der Waals surface area contributed by atoms with Crippen molar-refractivity contribution in [2.45, 2.75) is 6.54 Å². The molecule has 0 radical (unpaired) electrons. The highest BCUT2D eigenvalue weighted by Crippen LogP contribution is 2.24. The van der Waals surface area contributed by atoms with Crippen molar-refractivity contribution in [1.29, 1.82) is 0 Å². The van der Waals surface area contributed by atoms with Gasteiger partial charge in [0.25, 0.3) is 0 Å². The van der Waals surface area contributed by atoms with Gasteiger partial charge in [-0.3, -0.25) is 9.48 Å². The van der Waals surface area contributed by atoms with E-state index in [1.165, 1.54) is 0 Å². The Morgan fingerprint density at radius 2 is 2.21 bits per heavy atom. The van der Waals surface area contributed by atoms with Gasteiger partial charge in [0.15, 0.2) is 6.29 Å². The topological polar surface area (TPSA) is 39.8 Å². The van der Waals surface area contributed by atoms with Gasteiger partial charge < -0.3 is 4.57 Å². The minimum Gasteiger partial charge on any atom is -0.341 e. The molecule has 0 saturated heterocycles. The van der Waals surface area contributed by atoms with Crippen LogP contribution in [0.3, 0.4) is 0 Å². The molecular formula is C14H12ClN3O. The van der Waals surface area contributed by atoms with E-state index >= 15 is 0 Å². The molecule has 1 aromatic carbocycles. The average molecular weight is 274 g/mol. The number of hydrogen-bond acceptors (Lipinski definition) is 2. The molecule has 19 heavy (non-hydrogen) atoms. The number of benzene rings is 1. The summed E-state index contributed by atoms with van der Waals surface area (Å²) in [5.41, 5.74) is 2.56. The largest absolute Gasteiger partial charge is 0.341 e. The molecule has 0 N–H and O–H groups in total. The van der Waals surface area contributed by atoms with E-state index in [4.69, 9.17) is 11.6 Å². The van der Waals surface area contributed by atoms with Crippen LogP contribution in [0.15, 0.2) is 36.7 Å². The summed E-state index contributed by atoms with van der Waals surface area (Å²) in [6, 6.07) is 7.49. The first-order valence-electron chi connectivity index (χ1n) is 5.89. The van der Waals surface area contributed by atoms with Crippen LogP contribution in [-0.2, 0) is 13.6 Å². The van der Waals surface area contributed by atoms with Gasteiger partial charge in [-0.25, -0.2) is 0 Å². The molecule has 0 aliphatic rings. The molecule has 0 aliphatic carbocycles. The Labute approximate surface area is 115 Å². The summed E-state index contributed by atoms with van der Waals surface area (Å²) < 4.78 is 3.75. The zero-order chi connectivity index (χ0) is 13.4. The lowest BCUT2D eigenvalue weighted by Gasteiger charge is -2.03. The van der Waals surface area contributed by atoms with Crippen LogP contribution < -0.4 is 0 Å². The second kappa shape index (κ2) is 4.55. The van der Waals surface area contributed by atoms with Crippen molar-refractivity contribution in [2.24, 2.45) is 7.05 Å². The number of aromatic nitrogens is 3. The zero-order valence-corrected chi connectivity index (χ0v) is 11.1. The van der Waals surface area contributed by atoms with Gasteiger partial charge in [0.05, 0.1) is 17.8 Å². The monoisotopic (exact) mass is 273 g/mol. The summed E-state index contributed by atoms with van der Waals surface area (Å²) >= 11 is 6.03. The standard InChI is InChI=1S/C14H12ClN3O/c1-17-5-4-12(16-17)8-18-7-10(9-19)13-3-2-11(15)6-14(13)18/h2-7,9H,8H2,1H3. The third kappa shape index (κ3) is 2.15. The fourth-order valence-corrected chi connectivity index (χ4v) is 2.41. The summed E-state index contributed by atoms with van der Waals surface area (Å²) in [6.07, 6.45) is 4.60. The number of aryl methyl sites for hydroxylation is 1. The van der Waals surface area contributed by atoms with Gasteiger partial charge in [0.2, 0.25) is 0 Å². The fraction of sp³-hybridized carbons (Fsp3) is 0.143. The molecule has 3 aromatic rings. The van der Waals surface area contributed by atoms with Gasteiger partial charge in [0.1, 0.15) is 0 Å². The van der Waals surface area contributed by atoms with Gasteiger partial charge in [-0.05, 0) is 18.2 Å². The maximum Gasteiger partial charge on any atom is 0.152 e. The van der Waals surface area contributed by atoms with E-state index in [2.05, 4.69) is 5.10 Å². The summed E-state index contributed by atoms with van der Waals surface area (Å²) in [7, 11) is 1.88. The van der Waals surface area contributed by atoms with Crippen molar-refractivity contribution < 1.29 is 4.79 Å². The molecule has 4 nitrogen and oxygen atoms in total. The first-order chi connectivity index (χ1) is 9.17. The van der Waals surface area contributed by atoms with Crippen LogP contribution in [0.25, 0.3) is 10.9 Å². The molecule has 2 heterocycles. The van der Waals surface area contributed by atoms with Gasteiger partial charge in [0, 0.05) is 35.4 Å². The van der Waals surface area contributed by atoms with Crippen LogP contribution in [0.1, 0.15) is 16.1 Å². The van der Waals surface area contributed by atoms with E-state index in [0.717, 1.165) is 22.9 Å². The minimum absolute atomic E-state index is 0.617. The number of aldehydes is 1. The summed E-state index contributed by atoms with van der Waals surface area (Å²) in [5, 5.41) is 5.91. The lowest BCUT2D eigenvalue weighted by atomic mass is 10.2. The molecule has 96 valence electrons. The summed E-state index contributed by atoms with van der Waals surface area (Å²) in [6.45, 7) is 0.617. The summed E-state index contributed by atoms with van der Waals surface area (Å²) in [5.74, 6) is 0. The highest BCUT2D eigenvalue weighted by Gasteiger charge is 2.09. The first kappa shape index (κ1) is 12.0. The molecule has 0 spiro atoms. The van der Waals surface area contributed by atoms with Crippen LogP contribution >= 0.6 is 11.6 Å². The average Bonchev–Trinajstić information content (AvgIpc) is 2.94.